The Morgan fingerprint density at radius 2 is 0.593 bits per heavy atom. The van der Waals surface area contributed by atoms with Gasteiger partial charge in [0.2, 0.25) is 0 Å². The smallest absolute Gasteiger partial charge is 0.273 e. The van der Waals surface area contributed by atoms with Crippen LogP contribution in [0.25, 0.3) is 53.6 Å². The summed E-state index contributed by atoms with van der Waals surface area (Å²) in [5.74, 6) is 7.50. The molecule has 6 aliphatic rings. The Kier molecular flexibility index (Phi) is 10.3. The minimum absolute atomic E-state index is 0.322. The predicted octanol–water partition coefficient (Wildman–Crippen LogP) is 14.4. The molecule has 0 bridgehead atoms. The first-order valence-corrected chi connectivity index (χ1v) is 30.8. The molecule has 6 aliphatic heterocycles. The normalized spacial score (nSPS) is 13.8. The molecular formula is C73H49B3F2O6S2. The van der Waals surface area contributed by atoms with Crippen LogP contribution in [-0.4, -0.2) is 20.1 Å². The number of fused-ring (bicyclic) bond motifs is 16. The van der Waals surface area contributed by atoms with Gasteiger partial charge in [-0.3, -0.25) is 0 Å². The Hall–Kier alpha value is -9.03. The van der Waals surface area contributed by atoms with Gasteiger partial charge in [-0.15, -0.1) is 22.7 Å². The summed E-state index contributed by atoms with van der Waals surface area (Å²) in [5, 5.41) is 1.47. The first kappa shape index (κ1) is 50.3. The number of ether oxygens (including phenoxy) is 6. The van der Waals surface area contributed by atoms with Crippen LogP contribution in [0.1, 0.15) is 50.1 Å². The van der Waals surface area contributed by atoms with Gasteiger partial charge in [-0.2, -0.15) is 0 Å². The number of hydrogen-bond donors (Lipinski definition) is 0. The van der Waals surface area contributed by atoms with Crippen LogP contribution in [0.15, 0.2) is 133 Å². The number of halogens is 2. The largest absolute Gasteiger partial charge is 0.458 e. The van der Waals surface area contributed by atoms with Crippen LogP contribution in [-0.2, 0) is 0 Å². The van der Waals surface area contributed by atoms with Crippen LogP contribution >= 0.6 is 22.7 Å². The van der Waals surface area contributed by atoms with E-state index >= 15 is 8.78 Å². The molecule has 6 nitrogen and oxygen atoms in total. The summed E-state index contributed by atoms with van der Waals surface area (Å²) in [7, 11) is 0. The van der Waals surface area contributed by atoms with E-state index in [1.165, 1.54) is 28.8 Å². The van der Waals surface area contributed by atoms with E-state index in [0.29, 0.717) is 69.0 Å². The maximum absolute atomic E-state index is 15.4. The van der Waals surface area contributed by atoms with Crippen molar-refractivity contribution < 1.29 is 37.2 Å². The van der Waals surface area contributed by atoms with Gasteiger partial charge in [0, 0.05) is 58.2 Å². The van der Waals surface area contributed by atoms with Crippen molar-refractivity contribution in [3.05, 3.63) is 195 Å². The lowest BCUT2D eigenvalue weighted by molar-refractivity contribution is 0.449. The van der Waals surface area contributed by atoms with E-state index in [1.54, 1.807) is 34.8 Å². The van der Waals surface area contributed by atoms with Gasteiger partial charge >= 0.3 is 0 Å². The van der Waals surface area contributed by atoms with Crippen molar-refractivity contribution >= 4 is 111 Å². The van der Waals surface area contributed by atoms with Crippen molar-refractivity contribution in [3.8, 4) is 102 Å². The number of thiophene rings is 2. The molecule has 0 amide bonds. The summed E-state index contributed by atoms with van der Waals surface area (Å²) in [6.45, 7) is 18.3. The van der Waals surface area contributed by atoms with Crippen molar-refractivity contribution in [2.75, 3.05) is 0 Å². The molecule has 0 unspecified atom stereocenters. The van der Waals surface area contributed by atoms with Gasteiger partial charge in [-0.25, -0.2) is 8.78 Å². The topological polar surface area (TPSA) is 55.4 Å². The monoisotopic (exact) mass is 1160 g/mol. The minimum Gasteiger partial charge on any atom is -0.458 e. The van der Waals surface area contributed by atoms with E-state index in [9.17, 15) is 0 Å². The molecule has 412 valence electrons. The molecule has 86 heavy (non-hydrogen) atoms. The maximum atomic E-state index is 15.4. The fourth-order valence-electron chi connectivity index (χ4n) is 15.7. The molecule has 0 spiro atoms. The zero-order valence-corrected chi connectivity index (χ0v) is 50.1. The Bertz CT molecular complexity index is 4840. The average molecular weight is 1160 g/mol. The Balaban J connectivity index is 0.873. The molecule has 12 aromatic rings. The van der Waals surface area contributed by atoms with Crippen molar-refractivity contribution in [1.29, 1.82) is 0 Å². The standard InChI is InChI=1S/C73H49B3F2O6S2/c1-32-14-35(4)64(36(5)15-32)41-20-56-67-57(21-41)80-53-31-55-51(76-69-59(82-55)23-43(66-39(8)18-34(3)19-40(66)9)25-61(69)84-71-47-27-45(78)11-13-63(47)86-73(71)76)29-49(53)74(67)48-28-50-54(30-52(48)79-56)81-58-22-42(65-37(6)16-33(2)17-38(65)7)24-60-68(58)75(50)72-70(83-60)46-26-44(77)10-12-62(46)85-72/h10-31H,1-9H3. The van der Waals surface area contributed by atoms with E-state index in [1.807, 2.05) is 12.1 Å². The van der Waals surface area contributed by atoms with Crippen molar-refractivity contribution in [2.24, 2.45) is 0 Å². The van der Waals surface area contributed by atoms with Gasteiger partial charge in [0.25, 0.3) is 20.1 Å². The molecule has 0 fully saturated rings. The number of benzene rings is 10. The highest BCUT2D eigenvalue weighted by molar-refractivity contribution is 7.33. The third kappa shape index (κ3) is 7.07. The van der Waals surface area contributed by atoms with Crippen LogP contribution < -0.4 is 76.2 Å². The van der Waals surface area contributed by atoms with Crippen molar-refractivity contribution in [2.45, 2.75) is 62.3 Å². The van der Waals surface area contributed by atoms with E-state index in [2.05, 4.69) is 159 Å². The molecule has 0 atom stereocenters. The van der Waals surface area contributed by atoms with Crippen LogP contribution in [0.2, 0.25) is 0 Å². The lowest BCUT2D eigenvalue weighted by atomic mass is 9.31. The van der Waals surface area contributed by atoms with Crippen LogP contribution in [0.4, 0.5) is 8.78 Å². The number of hydrogen-bond acceptors (Lipinski definition) is 8. The third-order valence-electron chi connectivity index (χ3n) is 18.7. The molecule has 0 N–H and O–H groups in total. The summed E-state index contributed by atoms with van der Waals surface area (Å²) < 4.78 is 77.8. The fraction of sp³-hybridized carbons (Fsp3) is 0.123. The molecule has 13 heteroatoms. The minimum atomic E-state index is -0.393. The Morgan fingerprint density at radius 3 is 0.919 bits per heavy atom. The lowest BCUT2D eigenvalue weighted by Gasteiger charge is -2.38. The molecule has 2 aromatic heterocycles. The molecule has 0 radical (unpaired) electrons. The molecule has 10 aromatic carbocycles. The molecule has 18 rings (SSSR count). The average Bonchev–Trinajstić information content (AvgIpc) is 1.68. The van der Waals surface area contributed by atoms with Gasteiger partial charge in [0.1, 0.15) is 80.6 Å². The first-order chi connectivity index (χ1) is 41.5. The SMILES string of the molecule is Cc1cc(C)c(-c2cc3c4c(c2)Oc2cc5c(cc2B4c2cc4c(cc2O3)Oc2cc(-c3c(C)cc(C)cc3C)cc3c2B4c2sc4ccc(F)cc4c2O3)B2c3sc4ccc(F)cc4c3Oc3cc(-c4c(C)cc(C)cc4C)cc(c32)O5)c(C)c1. The van der Waals surface area contributed by atoms with Gasteiger partial charge in [0.05, 0.1) is 0 Å². The number of rotatable bonds is 3. The van der Waals surface area contributed by atoms with Crippen LogP contribution in [0, 0.1) is 73.9 Å². The summed E-state index contributed by atoms with van der Waals surface area (Å²) in [6, 6.07) is 44.9. The van der Waals surface area contributed by atoms with E-state index in [0.717, 1.165) is 135 Å². The van der Waals surface area contributed by atoms with Crippen molar-refractivity contribution in [1.82, 2.24) is 0 Å². The second-order valence-electron chi connectivity index (χ2n) is 24.6. The zero-order chi connectivity index (χ0) is 58.2. The molecular weight excluding hydrogens is 1110 g/mol. The van der Waals surface area contributed by atoms with Gasteiger partial charge in [-0.05, 0) is 224 Å². The second kappa shape index (κ2) is 17.6. The van der Waals surface area contributed by atoms with E-state index in [-0.39, 0.29) is 25.1 Å². The summed E-state index contributed by atoms with van der Waals surface area (Å²) in [6.07, 6.45) is 0. The molecule has 0 saturated carbocycles. The molecule has 0 saturated heterocycles. The highest BCUT2D eigenvalue weighted by Crippen LogP contribution is 2.49. The molecule has 8 heterocycles. The summed E-state index contributed by atoms with van der Waals surface area (Å²) >= 11 is 3.26. The quantitative estimate of drug-likeness (QED) is 0.164. The highest BCUT2D eigenvalue weighted by atomic mass is 32.1. The van der Waals surface area contributed by atoms with E-state index < -0.39 is 6.71 Å². The van der Waals surface area contributed by atoms with Gasteiger partial charge in [0.15, 0.2) is 0 Å². The van der Waals surface area contributed by atoms with Crippen molar-refractivity contribution in [3.63, 3.8) is 0 Å². The Morgan fingerprint density at radius 1 is 0.302 bits per heavy atom. The van der Waals surface area contributed by atoms with Gasteiger partial charge < -0.3 is 28.4 Å². The number of aryl methyl sites for hydroxylation is 9. The zero-order valence-electron chi connectivity index (χ0n) is 48.5. The molecule has 0 aliphatic carbocycles. The summed E-state index contributed by atoms with van der Waals surface area (Å²) in [5.41, 5.74) is 23.4. The highest BCUT2D eigenvalue weighted by Gasteiger charge is 2.49. The van der Waals surface area contributed by atoms with Gasteiger partial charge in [-0.1, -0.05) is 65.2 Å². The lowest BCUT2D eigenvalue weighted by Crippen LogP contribution is -2.62. The predicted molar refractivity (Wildman–Crippen MR) is 349 cm³/mol. The van der Waals surface area contributed by atoms with E-state index in [4.69, 9.17) is 28.4 Å². The summed E-state index contributed by atoms with van der Waals surface area (Å²) in [4.78, 5) is 0. The van der Waals surface area contributed by atoms with Crippen LogP contribution in [0.3, 0.4) is 0 Å². The fourth-order valence-corrected chi connectivity index (χ4v) is 18.2. The second-order valence-corrected chi connectivity index (χ2v) is 26.8. The third-order valence-corrected chi connectivity index (χ3v) is 21.1. The Labute approximate surface area is 504 Å². The van der Waals surface area contributed by atoms with Crippen LogP contribution in [0.5, 0.6) is 69.0 Å². The maximum Gasteiger partial charge on any atom is 0.273 e. The first-order valence-electron chi connectivity index (χ1n) is 29.2.